The molecule has 1 saturated heterocycles. The Kier molecular flexibility index (Phi) is 7.59. The molecule has 1 aliphatic heterocycles. The molecule has 5 rings (SSSR count). The SMILES string of the molecule is Cc1ccc(F)cc1Oc1c(C(=O)N2CCNCC2)c2ccc(S(C)(=O)=O)cc2n1-c1ccccc1.Cl. The third kappa shape index (κ3) is 5.20. The smallest absolute Gasteiger partial charge is 0.260 e. The Labute approximate surface area is 221 Å². The summed E-state index contributed by atoms with van der Waals surface area (Å²) in [5, 5.41) is 3.80. The summed E-state index contributed by atoms with van der Waals surface area (Å²) in [5.74, 6) is -0.216. The molecule has 1 aliphatic rings. The van der Waals surface area contributed by atoms with Gasteiger partial charge in [0.1, 0.15) is 17.1 Å². The maximum Gasteiger partial charge on any atom is 0.260 e. The predicted molar refractivity (Wildman–Crippen MR) is 144 cm³/mol. The van der Waals surface area contributed by atoms with Crippen LogP contribution < -0.4 is 10.1 Å². The fourth-order valence-corrected chi connectivity index (χ4v) is 5.07. The average Bonchev–Trinajstić information content (AvgIpc) is 3.19. The number of ether oxygens (including phenoxy) is 1. The van der Waals surface area contributed by atoms with Crippen molar-refractivity contribution >= 4 is 39.1 Å². The summed E-state index contributed by atoms with van der Waals surface area (Å²) in [4.78, 5) is 15.8. The van der Waals surface area contributed by atoms with Crippen LogP contribution in [-0.4, -0.2) is 56.2 Å². The standard InChI is InChI=1S/C27H26FN3O4S.ClH/c1-18-8-9-19(28)16-24(18)35-27-25(26(32)30-14-12-29-13-15-30)22-11-10-21(36(2,33)34)17-23(22)31(27)20-6-4-3-5-7-20;/h3-11,16-17,29H,12-15H2,1-2H3;1H. The van der Waals surface area contributed by atoms with E-state index < -0.39 is 15.7 Å². The van der Waals surface area contributed by atoms with Gasteiger partial charge in [0.2, 0.25) is 5.88 Å². The Morgan fingerprint density at radius 2 is 1.70 bits per heavy atom. The maximum atomic E-state index is 14.2. The van der Waals surface area contributed by atoms with Crippen LogP contribution in [0.2, 0.25) is 0 Å². The van der Waals surface area contributed by atoms with Crippen LogP contribution in [0.5, 0.6) is 11.6 Å². The van der Waals surface area contributed by atoms with Crippen LogP contribution in [0.15, 0.2) is 71.6 Å². The number of nitrogens with zero attached hydrogens (tertiary/aromatic N) is 2. The predicted octanol–water partition coefficient (Wildman–Crippen LogP) is 4.74. The largest absolute Gasteiger partial charge is 0.439 e. The van der Waals surface area contributed by atoms with Crippen molar-refractivity contribution in [2.24, 2.45) is 0 Å². The first-order valence-electron chi connectivity index (χ1n) is 11.6. The second-order valence-corrected chi connectivity index (χ2v) is 10.9. The molecule has 0 atom stereocenters. The van der Waals surface area contributed by atoms with Crippen molar-refractivity contribution in [3.05, 3.63) is 83.7 Å². The fourth-order valence-electron chi connectivity index (χ4n) is 4.43. The number of sulfone groups is 1. The zero-order valence-corrected chi connectivity index (χ0v) is 22.0. The van der Waals surface area contributed by atoms with Gasteiger partial charge in [-0.05, 0) is 42.8 Å². The first kappa shape index (κ1) is 26.7. The molecule has 0 aliphatic carbocycles. The van der Waals surface area contributed by atoms with Gasteiger partial charge in [-0.1, -0.05) is 30.3 Å². The molecule has 4 aromatic rings. The minimum atomic E-state index is -3.52. The zero-order valence-electron chi connectivity index (χ0n) is 20.4. The van der Waals surface area contributed by atoms with Crippen LogP contribution in [0.4, 0.5) is 4.39 Å². The van der Waals surface area contributed by atoms with Gasteiger partial charge in [-0.15, -0.1) is 12.4 Å². The van der Waals surface area contributed by atoms with E-state index in [9.17, 15) is 17.6 Å². The van der Waals surface area contributed by atoms with Gasteiger partial charge in [0.15, 0.2) is 9.84 Å². The molecule has 1 N–H and O–H groups in total. The monoisotopic (exact) mass is 543 g/mol. The summed E-state index contributed by atoms with van der Waals surface area (Å²) < 4.78 is 47.1. The molecule has 37 heavy (non-hydrogen) atoms. The Morgan fingerprint density at radius 1 is 1.00 bits per heavy atom. The number of piperazine rings is 1. The number of carbonyl (C=O) groups is 1. The lowest BCUT2D eigenvalue weighted by Gasteiger charge is -2.27. The molecule has 0 saturated carbocycles. The van der Waals surface area contributed by atoms with Crippen LogP contribution in [0.1, 0.15) is 15.9 Å². The summed E-state index contributed by atoms with van der Waals surface area (Å²) >= 11 is 0. The lowest BCUT2D eigenvalue weighted by Crippen LogP contribution is -2.46. The van der Waals surface area contributed by atoms with Gasteiger partial charge in [-0.2, -0.15) is 0 Å². The molecule has 10 heteroatoms. The number of para-hydroxylation sites is 1. The van der Waals surface area contributed by atoms with Crippen molar-refractivity contribution < 1.29 is 22.3 Å². The first-order valence-corrected chi connectivity index (χ1v) is 13.5. The van der Waals surface area contributed by atoms with Gasteiger partial charge < -0.3 is 15.0 Å². The van der Waals surface area contributed by atoms with E-state index in [1.165, 1.54) is 18.2 Å². The number of hydrogen-bond acceptors (Lipinski definition) is 5. The van der Waals surface area contributed by atoms with Gasteiger partial charge in [-0.3, -0.25) is 9.36 Å². The molecular formula is C27H27ClFN3O4S. The van der Waals surface area contributed by atoms with E-state index in [0.717, 1.165) is 6.26 Å². The van der Waals surface area contributed by atoms with Crippen molar-refractivity contribution in [3.8, 4) is 17.3 Å². The highest BCUT2D eigenvalue weighted by molar-refractivity contribution is 7.90. The lowest BCUT2D eigenvalue weighted by atomic mass is 10.1. The molecule has 7 nitrogen and oxygen atoms in total. The van der Waals surface area contributed by atoms with Crippen molar-refractivity contribution in [3.63, 3.8) is 0 Å². The summed E-state index contributed by atoms with van der Waals surface area (Å²) in [5.41, 5.74) is 2.18. The topological polar surface area (TPSA) is 80.6 Å². The fraction of sp³-hybridized carbons (Fsp3) is 0.222. The number of rotatable bonds is 5. The first-order chi connectivity index (χ1) is 17.2. The molecule has 194 valence electrons. The van der Waals surface area contributed by atoms with E-state index in [-0.39, 0.29) is 34.8 Å². The van der Waals surface area contributed by atoms with Crippen molar-refractivity contribution in [2.75, 3.05) is 32.4 Å². The molecule has 3 aromatic carbocycles. The summed E-state index contributed by atoms with van der Waals surface area (Å²) in [6, 6.07) is 18.2. The van der Waals surface area contributed by atoms with Gasteiger partial charge in [0.05, 0.1) is 10.4 Å². The van der Waals surface area contributed by atoms with Crippen LogP contribution >= 0.6 is 12.4 Å². The van der Waals surface area contributed by atoms with Crippen molar-refractivity contribution in [2.45, 2.75) is 11.8 Å². The quantitative estimate of drug-likeness (QED) is 0.393. The highest BCUT2D eigenvalue weighted by Gasteiger charge is 2.30. The third-order valence-electron chi connectivity index (χ3n) is 6.31. The Hall–Kier alpha value is -3.40. The van der Waals surface area contributed by atoms with E-state index in [2.05, 4.69) is 5.32 Å². The number of fused-ring (bicyclic) bond motifs is 1. The van der Waals surface area contributed by atoms with E-state index in [0.29, 0.717) is 53.9 Å². The number of halogens is 2. The number of aryl methyl sites for hydroxylation is 1. The Bertz CT molecular complexity index is 1570. The number of nitrogens with one attached hydrogen (secondary N) is 1. The summed E-state index contributed by atoms with van der Waals surface area (Å²) in [7, 11) is -3.52. The minimum Gasteiger partial charge on any atom is -0.439 e. The highest BCUT2D eigenvalue weighted by atomic mass is 35.5. The van der Waals surface area contributed by atoms with Gasteiger partial charge in [0.25, 0.3) is 5.91 Å². The van der Waals surface area contributed by atoms with Crippen LogP contribution in [0, 0.1) is 12.7 Å². The number of hydrogen-bond donors (Lipinski definition) is 1. The van der Waals surface area contributed by atoms with Crippen LogP contribution in [-0.2, 0) is 9.84 Å². The number of benzene rings is 3. The number of amides is 1. The van der Waals surface area contributed by atoms with Gasteiger partial charge in [0, 0.05) is 49.6 Å². The van der Waals surface area contributed by atoms with E-state index in [1.54, 1.807) is 34.6 Å². The number of carbonyl (C=O) groups excluding carboxylic acids is 1. The summed E-state index contributed by atoms with van der Waals surface area (Å²) in [6.45, 7) is 4.18. The highest BCUT2D eigenvalue weighted by Crippen LogP contribution is 2.40. The van der Waals surface area contributed by atoms with Gasteiger partial charge >= 0.3 is 0 Å². The van der Waals surface area contributed by atoms with E-state index >= 15 is 0 Å². The van der Waals surface area contributed by atoms with Crippen molar-refractivity contribution in [1.29, 1.82) is 0 Å². The van der Waals surface area contributed by atoms with Gasteiger partial charge in [-0.25, -0.2) is 12.8 Å². The number of aromatic nitrogens is 1. The minimum absolute atomic E-state index is 0. The van der Waals surface area contributed by atoms with Crippen molar-refractivity contribution in [1.82, 2.24) is 14.8 Å². The molecule has 1 aromatic heterocycles. The molecule has 2 heterocycles. The summed E-state index contributed by atoms with van der Waals surface area (Å²) in [6.07, 6.45) is 1.14. The molecule has 1 amide bonds. The second-order valence-electron chi connectivity index (χ2n) is 8.86. The second kappa shape index (κ2) is 10.5. The molecule has 1 fully saturated rings. The molecule has 0 radical (unpaired) electrons. The molecule has 0 unspecified atom stereocenters. The van der Waals surface area contributed by atoms with Crippen LogP contribution in [0.3, 0.4) is 0 Å². The van der Waals surface area contributed by atoms with Crippen LogP contribution in [0.25, 0.3) is 16.6 Å². The Morgan fingerprint density at radius 3 is 2.38 bits per heavy atom. The molecule has 0 bridgehead atoms. The Balaban J connectivity index is 0.00000320. The maximum absolute atomic E-state index is 14.2. The third-order valence-corrected chi connectivity index (χ3v) is 7.42. The normalized spacial score (nSPS) is 13.9. The zero-order chi connectivity index (χ0) is 25.4. The molecular weight excluding hydrogens is 517 g/mol. The lowest BCUT2D eigenvalue weighted by molar-refractivity contribution is 0.0735. The molecule has 0 spiro atoms. The average molecular weight is 544 g/mol. The van der Waals surface area contributed by atoms with E-state index in [1.807, 2.05) is 30.3 Å². The van der Waals surface area contributed by atoms with E-state index in [4.69, 9.17) is 4.74 Å².